The SMILES string of the molecule is C[Si](C)(C)CCOC(=O)[C@H](Cc1cc(-c2cc(F)c(OCc3ccccc3)c(C[C@H](N)C(=O)OCc3ccccc3)c2)ccc1OCc1ccccc1)NC(=O)OCc1ccccc1. The number of nitrogens with one attached hydrogen (secondary N) is 1. The van der Waals surface area contributed by atoms with E-state index >= 15 is 4.39 Å². The van der Waals surface area contributed by atoms with Gasteiger partial charge < -0.3 is 34.7 Å². The van der Waals surface area contributed by atoms with Crippen LogP contribution in [0.3, 0.4) is 0 Å². The van der Waals surface area contributed by atoms with Gasteiger partial charge in [-0.3, -0.25) is 4.79 Å². The topological polar surface area (TPSA) is 135 Å². The van der Waals surface area contributed by atoms with Crippen molar-refractivity contribution in [3.8, 4) is 22.6 Å². The van der Waals surface area contributed by atoms with Crippen molar-refractivity contribution in [3.05, 3.63) is 191 Å². The summed E-state index contributed by atoms with van der Waals surface area (Å²) in [6.45, 7) is 7.07. The van der Waals surface area contributed by atoms with E-state index in [0.29, 0.717) is 28.0 Å². The predicted molar refractivity (Wildman–Crippen MR) is 248 cm³/mol. The summed E-state index contributed by atoms with van der Waals surface area (Å²) in [5.41, 5.74) is 11.7. The van der Waals surface area contributed by atoms with Crippen molar-refractivity contribution < 1.29 is 42.5 Å². The maximum atomic E-state index is 16.4. The highest BCUT2D eigenvalue weighted by atomic mass is 28.3. The molecule has 0 saturated carbocycles. The molecule has 10 nitrogen and oxygen atoms in total. The first-order valence-electron chi connectivity index (χ1n) is 21.3. The molecule has 0 aliphatic rings. The van der Waals surface area contributed by atoms with E-state index in [2.05, 4.69) is 25.0 Å². The molecule has 2 atom stereocenters. The summed E-state index contributed by atoms with van der Waals surface area (Å²) >= 11 is 0. The largest absolute Gasteiger partial charge is 0.489 e. The second kappa shape index (κ2) is 23.1. The van der Waals surface area contributed by atoms with Gasteiger partial charge in [0.25, 0.3) is 0 Å². The van der Waals surface area contributed by atoms with Crippen molar-refractivity contribution in [2.75, 3.05) is 6.61 Å². The molecule has 12 heteroatoms. The number of rotatable bonds is 21. The Hall–Kier alpha value is -6.76. The molecule has 1 amide bonds. The lowest BCUT2D eigenvalue weighted by Gasteiger charge is -2.22. The molecule has 6 aromatic carbocycles. The number of benzene rings is 6. The monoisotopic (exact) mass is 882 g/mol. The zero-order chi connectivity index (χ0) is 45.3. The van der Waals surface area contributed by atoms with Crippen LogP contribution in [0.5, 0.6) is 11.5 Å². The average molecular weight is 883 g/mol. The molecule has 64 heavy (non-hydrogen) atoms. The number of ether oxygens (including phenoxy) is 5. The zero-order valence-electron chi connectivity index (χ0n) is 36.5. The molecule has 332 valence electrons. The summed E-state index contributed by atoms with van der Waals surface area (Å²) in [6, 6.07) is 44.3. The fourth-order valence-electron chi connectivity index (χ4n) is 6.69. The molecule has 6 aromatic rings. The summed E-state index contributed by atoms with van der Waals surface area (Å²) in [6.07, 6.45) is -0.931. The van der Waals surface area contributed by atoms with Gasteiger partial charge in [-0.05, 0) is 74.8 Å². The number of nitrogens with two attached hydrogens (primary N) is 1. The molecule has 0 radical (unpaired) electrons. The second-order valence-corrected chi connectivity index (χ2v) is 22.3. The van der Waals surface area contributed by atoms with Crippen LogP contribution in [-0.2, 0) is 63.1 Å². The summed E-state index contributed by atoms with van der Waals surface area (Å²) in [4.78, 5) is 40.3. The lowest BCUT2D eigenvalue weighted by atomic mass is 9.95. The van der Waals surface area contributed by atoms with Gasteiger partial charge in [0, 0.05) is 20.9 Å². The van der Waals surface area contributed by atoms with Crippen LogP contribution in [0.1, 0.15) is 33.4 Å². The first-order valence-corrected chi connectivity index (χ1v) is 25.0. The van der Waals surface area contributed by atoms with Crippen molar-refractivity contribution in [1.29, 1.82) is 0 Å². The Morgan fingerprint density at radius 3 is 1.66 bits per heavy atom. The highest BCUT2D eigenvalue weighted by Crippen LogP contribution is 2.35. The first-order chi connectivity index (χ1) is 30.9. The Labute approximate surface area is 375 Å². The maximum absolute atomic E-state index is 16.4. The van der Waals surface area contributed by atoms with Crippen LogP contribution in [0.15, 0.2) is 152 Å². The van der Waals surface area contributed by atoms with Gasteiger partial charge in [0.15, 0.2) is 11.6 Å². The Kier molecular flexibility index (Phi) is 16.8. The second-order valence-electron chi connectivity index (χ2n) is 16.7. The third kappa shape index (κ3) is 14.7. The van der Waals surface area contributed by atoms with Crippen LogP contribution in [0, 0.1) is 5.82 Å². The lowest BCUT2D eigenvalue weighted by Crippen LogP contribution is -2.44. The predicted octanol–water partition coefficient (Wildman–Crippen LogP) is 9.98. The van der Waals surface area contributed by atoms with Crippen molar-refractivity contribution in [3.63, 3.8) is 0 Å². The number of hydrogen-bond acceptors (Lipinski definition) is 9. The first kappa shape index (κ1) is 46.7. The normalized spacial score (nSPS) is 12.1. The van der Waals surface area contributed by atoms with Crippen LogP contribution in [0.25, 0.3) is 11.1 Å². The fraction of sp³-hybridized carbons (Fsp3) is 0.250. The molecule has 0 unspecified atom stereocenters. The molecule has 0 spiro atoms. The van der Waals surface area contributed by atoms with Gasteiger partial charge in [-0.1, -0.05) is 147 Å². The number of carbonyl (C=O) groups is 3. The van der Waals surface area contributed by atoms with E-state index in [-0.39, 0.29) is 51.6 Å². The molecular weight excluding hydrogens is 828 g/mol. The molecule has 0 fully saturated rings. The third-order valence-corrected chi connectivity index (χ3v) is 12.0. The minimum Gasteiger partial charge on any atom is -0.489 e. The van der Waals surface area contributed by atoms with Crippen LogP contribution >= 0.6 is 0 Å². The molecule has 0 heterocycles. The number of alkyl carbamates (subject to hydrolysis) is 1. The van der Waals surface area contributed by atoms with E-state index in [0.717, 1.165) is 28.3 Å². The standard InChI is InChI=1S/C52H55FN2O8Si/c1-64(2,3)27-26-59-51(57)47(55-52(58)63-36-40-22-14-7-15-23-40)32-43-28-41(24-25-48(43)60-33-37-16-8-4-9-17-37)42-29-44(31-46(54)50(56)62-35-39-20-12-6-13-21-39)49(45(53)30-42)61-34-38-18-10-5-11-19-38/h4-25,28-30,46-47H,26-27,31-36,54H2,1-3H3,(H,55,58)/t46-,47-/m0/s1. The van der Waals surface area contributed by atoms with Crippen molar-refractivity contribution in [2.24, 2.45) is 5.73 Å². The van der Waals surface area contributed by atoms with Crippen LogP contribution in [0.4, 0.5) is 9.18 Å². The molecule has 6 rings (SSSR count). The average Bonchev–Trinajstić information content (AvgIpc) is 3.30. The van der Waals surface area contributed by atoms with Crippen molar-refractivity contribution >= 4 is 26.1 Å². The number of halogens is 1. The number of hydrogen-bond donors (Lipinski definition) is 2. The Morgan fingerprint density at radius 2 is 1.09 bits per heavy atom. The van der Waals surface area contributed by atoms with Gasteiger partial charge >= 0.3 is 18.0 Å². The lowest BCUT2D eigenvalue weighted by molar-refractivity contribution is -0.147. The Bertz CT molecular complexity index is 2430. The van der Waals surface area contributed by atoms with E-state index in [9.17, 15) is 14.4 Å². The van der Waals surface area contributed by atoms with E-state index in [1.807, 2.05) is 121 Å². The van der Waals surface area contributed by atoms with E-state index in [4.69, 9.17) is 29.4 Å². The van der Waals surface area contributed by atoms with Gasteiger partial charge in [0.05, 0.1) is 6.61 Å². The number of esters is 2. The molecule has 0 aromatic heterocycles. The minimum absolute atomic E-state index is 0.00164. The van der Waals surface area contributed by atoms with Gasteiger partial charge in [-0.25, -0.2) is 14.0 Å². The molecular formula is C52H55FN2O8Si. The maximum Gasteiger partial charge on any atom is 0.408 e. The van der Waals surface area contributed by atoms with Crippen LogP contribution in [0.2, 0.25) is 25.7 Å². The van der Waals surface area contributed by atoms with Crippen LogP contribution < -0.4 is 20.5 Å². The summed E-state index contributed by atoms with van der Waals surface area (Å²) in [5.74, 6) is -1.54. The molecule has 0 aliphatic heterocycles. The Morgan fingerprint density at radius 1 is 0.578 bits per heavy atom. The zero-order valence-corrected chi connectivity index (χ0v) is 37.5. The molecule has 0 saturated heterocycles. The van der Waals surface area contributed by atoms with E-state index in [1.54, 1.807) is 24.3 Å². The molecule has 0 bridgehead atoms. The molecule has 0 aliphatic carbocycles. The minimum atomic E-state index is -1.57. The number of amides is 1. The van der Waals surface area contributed by atoms with E-state index in [1.165, 1.54) is 6.07 Å². The van der Waals surface area contributed by atoms with E-state index < -0.39 is 44.0 Å². The summed E-state index contributed by atoms with van der Waals surface area (Å²) in [5, 5.41) is 2.74. The summed E-state index contributed by atoms with van der Waals surface area (Å²) in [7, 11) is -1.57. The molecule has 3 N–H and O–H groups in total. The summed E-state index contributed by atoms with van der Waals surface area (Å²) < 4.78 is 45.7. The quantitative estimate of drug-likeness (QED) is 0.0412. The highest BCUT2D eigenvalue weighted by Gasteiger charge is 2.27. The van der Waals surface area contributed by atoms with Crippen molar-refractivity contribution in [2.45, 2.75) is 77.0 Å². The third-order valence-electron chi connectivity index (χ3n) is 10.3. The van der Waals surface area contributed by atoms with Gasteiger partial charge in [-0.15, -0.1) is 0 Å². The van der Waals surface area contributed by atoms with Gasteiger partial charge in [-0.2, -0.15) is 0 Å². The smallest absolute Gasteiger partial charge is 0.408 e. The van der Waals surface area contributed by atoms with Gasteiger partial charge in [0.2, 0.25) is 0 Å². The number of carbonyl (C=O) groups excluding carboxylic acids is 3. The Balaban J connectivity index is 1.32. The van der Waals surface area contributed by atoms with Crippen LogP contribution in [-0.4, -0.2) is 44.8 Å². The highest BCUT2D eigenvalue weighted by molar-refractivity contribution is 6.76. The van der Waals surface area contributed by atoms with Crippen molar-refractivity contribution in [1.82, 2.24) is 5.32 Å². The van der Waals surface area contributed by atoms with Gasteiger partial charge in [0.1, 0.15) is 44.3 Å². The fourth-order valence-corrected chi connectivity index (χ4v) is 7.40.